The van der Waals surface area contributed by atoms with E-state index in [1.54, 1.807) is 0 Å². The molecule has 1 saturated carbocycles. The monoisotopic (exact) mass is 297 g/mol. The molecule has 1 aliphatic carbocycles. The zero-order valence-corrected chi connectivity index (χ0v) is 14.0. The van der Waals surface area contributed by atoms with Gasteiger partial charge in [0.05, 0.1) is 12.1 Å². The van der Waals surface area contributed by atoms with Gasteiger partial charge in [0.25, 0.3) is 0 Å². The largest absolute Gasteiger partial charge is 0.376 e. The van der Waals surface area contributed by atoms with Crippen LogP contribution in [0, 0.1) is 0 Å². The highest BCUT2D eigenvalue weighted by Gasteiger charge is 2.41. The molecule has 122 valence electrons. The third kappa shape index (κ3) is 3.69. The van der Waals surface area contributed by atoms with Gasteiger partial charge in [-0.05, 0) is 52.6 Å². The van der Waals surface area contributed by atoms with Gasteiger partial charge in [-0.2, -0.15) is 0 Å². The molecule has 5 nitrogen and oxygen atoms in total. The second kappa shape index (κ2) is 6.97. The van der Waals surface area contributed by atoms with E-state index >= 15 is 0 Å². The molecule has 1 N–H and O–H groups in total. The topological polar surface area (TPSA) is 44.8 Å². The Balaban J connectivity index is 1.86. The number of urea groups is 1. The minimum Gasteiger partial charge on any atom is -0.376 e. The van der Waals surface area contributed by atoms with E-state index in [9.17, 15) is 4.79 Å². The molecule has 2 amide bonds. The molecule has 2 rings (SSSR count). The Bertz CT molecular complexity index is 349. The molecule has 1 heterocycles. The fourth-order valence-corrected chi connectivity index (χ4v) is 3.49. The van der Waals surface area contributed by atoms with Crippen LogP contribution in [-0.2, 0) is 4.74 Å². The van der Waals surface area contributed by atoms with E-state index in [1.807, 2.05) is 11.9 Å². The summed E-state index contributed by atoms with van der Waals surface area (Å²) in [6.45, 7) is 3.74. The average Bonchev–Trinajstić information content (AvgIpc) is 2.92. The summed E-state index contributed by atoms with van der Waals surface area (Å²) in [7, 11) is 6.14. The second-order valence-corrected chi connectivity index (χ2v) is 6.84. The first-order chi connectivity index (χ1) is 9.98. The van der Waals surface area contributed by atoms with Gasteiger partial charge in [0, 0.05) is 25.7 Å². The molecule has 0 aromatic heterocycles. The van der Waals surface area contributed by atoms with Crippen LogP contribution in [0.3, 0.4) is 0 Å². The number of ether oxygens (including phenoxy) is 1. The van der Waals surface area contributed by atoms with Crippen molar-refractivity contribution in [3.8, 4) is 0 Å². The van der Waals surface area contributed by atoms with E-state index in [-0.39, 0.29) is 23.7 Å². The lowest BCUT2D eigenvalue weighted by Gasteiger charge is -2.49. The van der Waals surface area contributed by atoms with Gasteiger partial charge in [-0.15, -0.1) is 0 Å². The lowest BCUT2D eigenvalue weighted by Crippen LogP contribution is -2.59. The van der Waals surface area contributed by atoms with Gasteiger partial charge in [-0.3, -0.25) is 0 Å². The zero-order valence-electron chi connectivity index (χ0n) is 14.0. The quantitative estimate of drug-likeness (QED) is 0.816. The molecular formula is C16H31N3O2. The predicted molar refractivity (Wildman–Crippen MR) is 84.5 cm³/mol. The minimum atomic E-state index is 0.0328. The van der Waals surface area contributed by atoms with Crippen LogP contribution in [0.1, 0.15) is 45.4 Å². The van der Waals surface area contributed by atoms with Gasteiger partial charge in [-0.1, -0.05) is 6.92 Å². The summed E-state index contributed by atoms with van der Waals surface area (Å²) < 4.78 is 5.72. The van der Waals surface area contributed by atoms with Crippen LogP contribution in [0.15, 0.2) is 0 Å². The molecule has 0 aromatic carbocycles. The Kier molecular flexibility index (Phi) is 5.49. The smallest absolute Gasteiger partial charge is 0.317 e. The summed E-state index contributed by atoms with van der Waals surface area (Å²) in [5, 5.41) is 3.16. The maximum absolute atomic E-state index is 12.5. The number of nitrogens with one attached hydrogen (secondary N) is 1. The Morgan fingerprint density at radius 2 is 2.05 bits per heavy atom. The highest BCUT2D eigenvalue weighted by atomic mass is 16.5. The standard InChI is InChI=1S/C16H31N3O2/c1-5-13(14-8-6-11-21-14)17-15(20)19(4)12-16(18(2)3)9-7-10-16/h13-14H,5-12H2,1-4H3,(H,17,20)/t13-,14-/m1/s1. The zero-order chi connectivity index (χ0) is 15.5. The summed E-state index contributed by atoms with van der Waals surface area (Å²) in [6.07, 6.45) is 6.91. The Morgan fingerprint density at radius 3 is 2.48 bits per heavy atom. The summed E-state index contributed by atoms with van der Waals surface area (Å²) in [5.41, 5.74) is 0.178. The van der Waals surface area contributed by atoms with Crippen molar-refractivity contribution in [3.05, 3.63) is 0 Å². The van der Waals surface area contributed by atoms with Crippen LogP contribution in [0.25, 0.3) is 0 Å². The van der Waals surface area contributed by atoms with E-state index in [4.69, 9.17) is 4.74 Å². The van der Waals surface area contributed by atoms with Gasteiger partial charge in [0.15, 0.2) is 0 Å². The first-order valence-corrected chi connectivity index (χ1v) is 8.29. The molecule has 1 aliphatic heterocycles. The van der Waals surface area contributed by atoms with Crippen LogP contribution >= 0.6 is 0 Å². The molecule has 0 aromatic rings. The van der Waals surface area contributed by atoms with Crippen molar-refractivity contribution in [2.75, 3.05) is 34.3 Å². The SMILES string of the molecule is CC[C@@H](NC(=O)N(C)CC1(N(C)C)CCC1)[C@H]1CCCO1. The first-order valence-electron chi connectivity index (χ1n) is 8.29. The fraction of sp³-hybridized carbons (Fsp3) is 0.938. The van der Waals surface area contributed by atoms with Crippen LogP contribution < -0.4 is 5.32 Å². The van der Waals surface area contributed by atoms with Crippen LogP contribution in [-0.4, -0.2) is 67.8 Å². The second-order valence-electron chi connectivity index (χ2n) is 6.84. The van der Waals surface area contributed by atoms with Crippen molar-refractivity contribution in [3.63, 3.8) is 0 Å². The van der Waals surface area contributed by atoms with Crippen molar-refractivity contribution < 1.29 is 9.53 Å². The van der Waals surface area contributed by atoms with E-state index in [2.05, 4.69) is 31.2 Å². The van der Waals surface area contributed by atoms with Gasteiger partial charge in [0.1, 0.15) is 0 Å². The highest BCUT2D eigenvalue weighted by molar-refractivity contribution is 5.74. The normalized spacial score (nSPS) is 25.5. The van der Waals surface area contributed by atoms with Gasteiger partial charge in [-0.25, -0.2) is 4.79 Å². The van der Waals surface area contributed by atoms with E-state index < -0.39 is 0 Å². The Hall–Kier alpha value is -0.810. The van der Waals surface area contributed by atoms with E-state index in [0.717, 1.165) is 32.4 Å². The number of likely N-dealkylation sites (N-methyl/N-ethyl adjacent to an activating group) is 2. The summed E-state index contributed by atoms with van der Waals surface area (Å²) >= 11 is 0. The molecule has 0 spiro atoms. The number of hydrogen-bond donors (Lipinski definition) is 1. The number of carbonyl (C=O) groups is 1. The van der Waals surface area contributed by atoms with Crippen molar-refractivity contribution in [2.24, 2.45) is 0 Å². The van der Waals surface area contributed by atoms with Crippen LogP contribution in [0.2, 0.25) is 0 Å². The minimum absolute atomic E-state index is 0.0328. The molecule has 2 aliphatic rings. The van der Waals surface area contributed by atoms with Gasteiger partial charge < -0.3 is 19.9 Å². The van der Waals surface area contributed by atoms with Crippen molar-refractivity contribution in [1.82, 2.24) is 15.1 Å². The molecule has 0 bridgehead atoms. The third-order valence-corrected chi connectivity index (χ3v) is 5.27. The third-order valence-electron chi connectivity index (χ3n) is 5.27. The number of nitrogens with zero attached hydrogens (tertiary/aromatic N) is 2. The van der Waals surface area contributed by atoms with E-state index in [0.29, 0.717) is 0 Å². The molecule has 2 atom stereocenters. The lowest BCUT2D eigenvalue weighted by molar-refractivity contribution is 0.0339. The van der Waals surface area contributed by atoms with Gasteiger partial charge in [0.2, 0.25) is 0 Å². The number of amides is 2. The average molecular weight is 297 g/mol. The summed E-state index contributed by atoms with van der Waals surface area (Å²) in [6, 6.07) is 0.171. The van der Waals surface area contributed by atoms with Crippen molar-refractivity contribution in [1.29, 1.82) is 0 Å². The molecule has 5 heteroatoms. The molecular weight excluding hydrogens is 266 g/mol. The van der Waals surface area contributed by atoms with Crippen molar-refractivity contribution >= 4 is 6.03 Å². The molecule has 2 fully saturated rings. The Labute approximate surface area is 129 Å². The number of rotatable bonds is 6. The van der Waals surface area contributed by atoms with E-state index in [1.165, 1.54) is 19.3 Å². The maximum Gasteiger partial charge on any atom is 0.317 e. The molecule has 0 radical (unpaired) electrons. The van der Waals surface area contributed by atoms with Gasteiger partial charge >= 0.3 is 6.03 Å². The van der Waals surface area contributed by atoms with Crippen molar-refractivity contribution in [2.45, 2.75) is 63.1 Å². The predicted octanol–water partition coefficient (Wildman–Crippen LogP) is 2.07. The summed E-state index contributed by atoms with van der Waals surface area (Å²) in [4.78, 5) is 16.6. The molecule has 0 unspecified atom stereocenters. The Morgan fingerprint density at radius 1 is 1.33 bits per heavy atom. The molecule has 21 heavy (non-hydrogen) atoms. The molecule has 1 saturated heterocycles. The number of carbonyl (C=O) groups excluding carboxylic acids is 1. The maximum atomic E-state index is 12.5. The highest BCUT2D eigenvalue weighted by Crippen LogP contribution is 2.36. The lowest BCUT2D eigenvalue weighted by atomic mass is 9.75. The summed E-state index contributed by atoms with van der Waals surface area (Å²) in [5.74, 6) is 0. The fourth-order valence-electron chi connectivity index (χ4n) is 3.49. The van der Waals surface area contributed by atoms with Crippen LogP contribution in [0.4, 0.5) is 4.79 Å². The van der Waals surface area contributed by atoms with Crippen LogP contribution in [0.5, 0.6) is 0 Å². The number of hydrogen-bond acceptors (Lipinski definition) is 3. The first kappa shape index (κ1) is 16.6.